The summed E-state index contributed by atoms with van der Waals surface area (Å²) in [6.45, 7) is 1.71. The molecule has 94 valence electrons. The average Bonchev–Trinajstić information content (AvgIpc) is 2.33. The van der Waals surface area contributed by atoms with Crippen molar-refractivity contribution in [3.05, 3.63) is 33.6 Å². The molecule has 5 heteroatoms. The van der Waals surface area contributed by atoms with Gasteiger partial charge in [0.15, 0.2) is 0 Å². The standard InChI is InChI=1S/C12H13BrF3N/c13-11-10(15)5-9(14)8(12(11)16)4-7-2-1-3-17-6-7/h5,7,17H,1-4,6H2. The number of nitrogens with one attached hydrogen (secondary N) is 1. The van der Waals surface area contributed by atoms with Crippen LogP contribution in [0, 0.1) is 23.4 Å². The Labute approximate surface area is 107 Å². The summed E-state index contributed by atoms with van der Waals surface area (Å²) >= 11 is 2.80. The minimum Gasteiger partial charge on any atom is -0.316 e. The average molecular weight is 308 g/mol. The Kier molecular flexibility index (Phi) is 4.09. The molecule has 1 nitrogen and oxygen atoms in total. The van der Waals surface area contributed by atoms with Crippen LogP contribution in [0.5, 0.6) is 0 Å². The van der Waals surface area contributed by atoms with E-state index in [0.29, 0.717) is 6.42 Å². The van der Waals surface area contributed by atoms with E-state index in [9.17, 15) is 13.2 Å². The minimum absolute atomic E-state index is 0.0213. The predicted molar refractivity (Wildman–Crippen MR) is 63.3 cm³/mol. The van der Waals surface area contributed by atoms with Crippen molar-refractivity contribution in [1.29, 1.82) is 0 Å². The van der Waals surface area contributed by atoms with Gasteiger partial charge in [0, 0.05) is 11.6 Å². The van der Waals surface area contributed by atoms with Crippen LogP contribution in [0.3, 0.4) is 0 Å². The van der Waals surface area contributed by atoms with Gasteiger partial charge in [0.05, 0.1) is 4.47 Å². The van der Waals surface area contributed by atoms with Crippen molar-refractivity contribution in [2.75, 3.05) is 13.1 Å². The van der Waals surface area contributed by atoms with Crippen LogP contribution < -0.4 is 5.32 Å². The molecule has 1 aliphatic heterocycles. The molecule has 1 aliphatic rings. The number of rotatable bonds is 2. The molecular formula is C12H13BrF3N. The van der Waals surface area contributed by atoms with E-state index in [1.165, 1.54) is 0 Å². The zero-order chi connectivity index (χ0) is 12.4. The quantitative estimate of drug-likeness (QED) is 0.652. The molecule has 1 heterocycles. The monoisotopic (exact) mass is 307 g/mol. The molecule has 0 amide bonds. The Hall–Kier alpha value is -0.550. The Morgan fingerprint density at radius 3 is 2.71 bits per heavy atom. The predicted octanol–water partition coefficient (Wildman–Crippen LogP) is 3.41. The molecule has 1 N–H and O–H groups in total. The number of benzene rings is 1. The topological polar surface area (TPSA) is 12.0 Å². The maximum Gasteiger partial charge on any atom is 0.146 e. The first kappa shape index (κ1) is 12.9. The lowest BCUT2D eigenvalue weighted by Crippen LogP contribution is -2.31. The molecular weight excluding hydrogens is 295 g/mol. The van der Waals surface area contributed by atoms with E-state index < -0.39 is 17.5 Å². The van der Waals surface area contributed by atoms with Crippen LogP contribution in [0.2, 0.25) is 0 Å². The highest BCUT2D eigenvalue weighted by molar-refractivity contribution is 9.10. The van der Waals surface area contributed by atoms with E-state index in [2.05, 4.69) is 21.2 Å². The number of piperidine rings is 1. The summed E-state index contributed by atoms with van der Waals surface area (Å²) in [7, 11) is 0. The second-order valence-corrected chi connectivity index (χ2v) is 5.16. The Morgan fingerprint density at radius 2 is 2.06 bits per heavy atom. The molecule has 1 fully saturated rings. The van der Waals surface area contributed by atoms with Crippen LogP contribution in [-0.4, -0.2) is 13.1 Å². The van der Waals surface area contributed by atoms with Crippen LogP contribution in [0.4, 0.5) is 13.2 Å². The fourth-order valence-electron chi connectivity index (χ4n) is 2.18. The Balaban J connectivity index is 2.22. The highest BCUT2D eigenvalue weighted by Gasteiger charge is 2.21. The molecule has 0 aromatic heterocycles. The molecule has 0 saturated carbocycles. The van der Waals surface area contributed by atoms with Crippen LogP contribution in [0.1, 0.15) is 18.4 Å². The highest BCUT2D eigenvalue weighted by atomic mass is 79.9. The lowest BCUT2D eigenvalue weighted by Gasteiger charge is -2.23. The van der Waals surface area contributed by atoms with E-state index in [0.717, 1.165) is 32.0 Å². The zero-order valence-corrected chi connectivity index (χ0v) is 10.8. The zero-order valence-electron chi connectivity index (χ0n) is 9.20. The third-order valence-corrected chi connectivity index (χ3v) is 3.83. The molecule has 0 aliphatic carbocycles. The molecule has 2 rings (SSSR count). The van der Waals surface area contributed by atoms with Crippen molar-refractivity contribution in [3.8, 4) is 0 Å². The summed E-state index contributed by atoms with van der Waals surface area (Å²) in [6, 6.07) is 0.735. The summed E-state index contributed by atoms with van der Waals surface area (Å²) < 4.78 is 40.0. The van der Waals surface area contributed by atoms with Crippen molar-refractivity contribution in [2.24, 2.45) is 5.92 Å². The van der Waals surface area contributed by atoms with E-state index in [-0.39, 0.29) is 16.0 Å². The van der Waals surface area contributed by atoms with Crippen LogP contribution in [-0.2, 0) is 6.42 Å². The lowest BCUT2D eigenvalue weighted by atomic mass is 9.92. The third kappa shape index (κ3) is 2.83. The van der Waals surface area contributed by atoms with Gasteiger partial charge in [-0.1, -0.05) is 0 Å². The van der Waals surface area contributed by atoms with E-state index in [1.54, 1.807) is 0 Å². The Bertz CT molecular complexity index is 417. The normalized spacial score (nSPS) is 20.6. The third-order valence-electron chi connectivity index (χ3n) is 3.10. The van der Waals surface area contributed by atoms with Gasteiger partial charge in [-0.05, 0) is 54.2 Å². The van der Waals surface area contributed by atoms with Gasteiger partial charge in [-0.2, -0.15) is 0 Å². The molecule has 0 bridgehead atoms. The fourth-order valence-corrected chi connectivity index (χ4v) is 2.53. The first-order valence-corrected chi connectivity index (χ1v) is 6.41. The molecule has 1 saturated heterocycles. The summed E-state index contributed by atoms with van der Waals surface area (Å²) in [4.78, 5) is 0. The molecule has 0 radical (unpaired) electrons. The highest BCUT2D eigenvalue weighted by Crippen LogP contribution is 2.28. The van der Waals surface area contributed by atoms with Crippen molar-refractivity contribution >= 4 is 15.9 Å². The van der Waals surface area contributed by atoms with Crippen molar-refractivity contribution in [1.82, 2.24) is 5.32 Å². The SMILES string of the molecule is Fc1cc(F)c(CC2CCCNC2)c(F)c1Br. The van der Waals surface area contributed by atoms with Crippen molar-refractivity contribution < 1.29 is 13.2 Å². The first-order chi connectivity index (χ1) is 8.09. The van der Waals surface area contributed by atoms with Gasteiger partial charge in [-0.15, -0.1) is 0 Å². The smallest absolute Gasteiger partial charge is 0.146 e. The van der Waals surface area contributed by atoms with Crippen LogP contribution in [0.15, 0.2) is 10.5 Å². The number of halogens is 4. The van der Waals surface area contributed by atoms with Gasteiger partial charge in [0.25, 0.3) is 0 Å². The van der Waals surface area contributed by atoms with Crippen LogP contribution >= 0.6 is 15.9 Å². The second kappa shape index (κ2) is 5.40. The number of hydrogen-bond donors (Lipinski definition) is 1. The van der Waals surface area contributed by atoms with Gasteiger partial charge in [0.1, 0.15) is 17.5 Å². The molecule has 1 atom stereocenters. The molecule has 17 heavy (non-hydrogen) atoms. The van der Waals surface area contributed by atoms with E-state index >= 15 is 0 Å². The van der Waals surface area contributed by atoms with Crippen molar-refractivity contribution in [2.45, 2.75) is 19.3 Å². The van der Waals surface area contributed by atoms with Gasteiger partial charge >= 0.3 is 0 Å². The largest absolute Gasteiger partial charge is 0.316 e. The lowest BCUT2D eigenvalue weighted by molar-refractivity contribution is 0.365. The van der Waals surface area contributed by atoms with Gasteiger partial charge in [-0.25, -0.2) is 13.2 Å². The molecule has 1 aromatic carbocycles. The molecule has 0 spiro atoms. The summed E-state index contributed by atoms with van der Waals surface area (Å²) in [5.74, 6) is -2.29. The fraction of sp³-hybridized carbons (Fsp3) is 0.500. The van der Waals surface area contributed by atoms with Crippen LogP contribution in [0.25, 0.3) is 0 Å². The van der Waals surface area contributed by atoms with Gasteiger partial charge < -0.3 is 5.32 Å². The molecule has 1 unspecified atom stereocenters. The minimum atomic E-state index is -0.898. The first-order valence-electron chi connectivity index (χ1n) is 5.62. The summed E-state index contributed by atoms with van der Waals surface area (Å²) in [5.41, 5.74) is -0.0213. The van der Waals surface area contributed by atoms with E-state index in [1.807, 2.05) is 0 Å². The Morgan fingerprint density at radius 1 is 1.29 bits per heavy atom. The van der Waals surface area contributed by atoms with Gasteiger partial charge in [-0.3, -0.25) is 0 Å². The second-order valence-electron chi connectivity index (χ2n) is 4.36. The number of hydrogen-bond acceptors (Lipinski definition) is 1. The van der Waals surface area contributed by atoms with E-state index in [4.69, 9.17) is 0 Å². The molecule has 1 aromatic rings. The maximum absolute atomic E-state index is 13.7. The van der Waals surface area contributed by atoms with Crippen molar-refractivity contribution in [3.63, 3.8) is 0 Å². The van der Waals surface area contributed by atoms with Gasteiger partial charge in [0.2, 0.25) is 0 Å². The summed E-state index contributed by atoms with van der Waals surface area (Å²) in [6.07, 6.45) is 2.26. The summed E-state index contributed by atoms with van der Waals surface area (Å²) in [5, 5.41) is 3.19. The maximum atomic E-state index is 13.7.